The molecular weight excluding hydrogens is 286 g/mol. The number of ether oxygens (including phenoxy) is 4. The molecule has 1 heterocycles. The van der Waals surface area contributed by atoms with E-state index in [9.17, 15) is 4.79 Å². The maximum absolute atomic E-state index is 11.8. The molecule has 1 aliphatic carbocycles. The molecule has 0 aromatic carbocycles. The fraction of sp³-hybridized carbons (Fsp3) is 0.938. The molecule has 2 rings (SSSR count). The number of hydrogen-bond acceptors (Lipinski definition) is 5. The Morgan fingerprint density at radius 3 is 2.64 bits per heavy atom. The molecule has 0 bridgehead atoms. The van der Waals surface area contributed by atoms with Gasteiger partial charge in [-0.3, -0.25) is 0 Å². The van der Waals surface area contributed by atoms with Crippen molar-refractivity contribution < 1.29 is 23.7 Å². The number of carbonyl (C=O) groups is 1. The molecular formula is C16H29NO5. The van der Waals surface area contributed by atoms with Crippen molar-refractivity contribution >= 4 is 6.09 Å². The lowest BCUT2D eigenvalue weighted by atomic mass is 10.2. The quantitative estimate of drug-likeness (QED) is 0.732. The Hall–Kier alpha value is -0.850. The maximum Gasteiger partial charge on any atom is 0.408 e. The van der Waals surface area contributed by atoms with E-state index in [2.05, 4.69) is 5.32 Å². The van der Waals surface area contributed by atoms with E-state index in [0.717, 1.165) is 38.7 Å². The lowest BCUT2D eigenvalue weighted by Gasteiger charge is -2.24. The molecule has 1 aliphatic heterocycles. The number of carbonyl (C=O) groups excluding carboxylic acids is 1. The van der Waals surface area contributed by atoms with E-state index in [1.807, 2.05) is 20.8 Å². The van der Waals surface area contributed by atoms with Crippen molar-refractivity contribution in [3.63, 3.8) is 0 Å². The summed E-state index contributed by atoms with van der Waals surface area (Å²) in [5.41, 5.74) is -0.724. The normalized spacial score (nSPS) is 23.9. The van der Waals surface area contributed by atoms with Crippen molar-refractivity contribution in [3.8, 4) is 0 Å². The number of alkyl carbamates (subject to hydrolysis) is 1. The minimum atomic E-state index is -0.477. The second-order valence-corrected chi connectivity index (χ2v) is 7.13. The Balaban J connectivity index is 1.55. The fourth-order valence-electron chi connectivity index (χ4n) is 2.33. The van der Waals surface area contributed by atoms with E-state index in [-0.39, 0.29) is 17.9 Å². The van der Waals surface area contributed by atoms with E-state index < -0.39 is 5.60 Å². The molecule has 1 saturated heterocycles. The van der Waals surface area contributed by atoms with Crippen LogP contribution in [-0.4, -0.2) is 50.0 Å². The van der Waals surface area contributed by atoms with Gasteiger partial charge in [0, 0.05) is 6.61 Å². The molecule has 6 heteroatoms. The van der Waals surface area contributed by atoms with Gasteiger partial charge in [0.25, 0.3) is 0 Å². The minimum absolute atomic E-state index is 0.0767. The second kappa shape index (κ2) is 7.62. The van der Waals surface area contributed by atoms with Gasteiger partial charge in [0.05, 0.1) is 25.4 Å². The first kappa shape index (κ1) is 17.5. The molecule has 1 amide bonds. The van der Waals surface area contributed by atoms with Crippen molar-refractivity contribution in [2.24, 2.45) is 0 Å². The Kier molecular flexibility index (Phi) is 6.06. The van der Waals surface area contributed by atoms with Crippen molar-refractivity contribution in [1.29, 1.82) is 0 Å². The van der Waals surface area contributed by atoms with Gasteiger partial charge in [-0.2, -0.15) is 0 Å². The van der Waals surface area contributed by atoms with Gasteiger partial charge in [-0.25, -0.2) is 4.79 Å². The summed E-state index contributed by atoms with van der Waals surface area (Å²) in [4.78, 5) is 11.8. The van der Waals surface area contributed by atoms with Crippen molar-refractivity contribution in [3.05, 3.63) is 0 Å². The monoisotopic (exact) mass is 315 g/mol. The highest BCUT2D eigenvalue weighted by Gasteiger charge is 2.45. The van der Waals surface area contributed by atoms with E-state index in [1.165, 1.54) is 0 Å². The number of rotatable bonds is 7. The molecule has 2 fully saturated rings. The molecule has 22 heavy (non-hydrogen) atoms. The fourth-order valence-corrected chi connectivity index (χ4v) is 2.33. The molecule has 1 saturated carbocycles. The molecule has 6 nitrogen and oxygen atoms in total. The third-order valence-corrected chi connectivity index (χ3v) is 3.67. The molecule has 0 radical (unpaired) electrons. The summed E-state index contributed by atoms with van der Waals surface area (Å²) in [7, 11) is 0. The largest absolute Gasteiger partial charge is 0.444 e. The van der Waals surface area contributed by atoms with Crippen LogP contribution in [0.2, 0.25) is 0 Å². The van der Waals surface area contributed by atoms with E-state index in [0.29, 0.717) is 19.8 Å². The standard InChI is InChI=1S/C16H29NO5/c1-15(2,3)22-14(18)17-16(7-8-16)12-19-10-11-21-13-6-4-5-9-20-13/h13H,4-12H2,1-3H3,(H,17,18). The Labute approximate surface area is 132 Å². The molecule has 0 spiro atoms. The Morgan fingerprint density at radius 1 is 1.27 bits per heavy atom. The molecule has 0 aromatic rings. The van der Waals surface area contributed by atoms with Crippen LogP contribution in [0.4, 0.5) is 4.79 Å². The highest BCUT2D eigenvalue weighted by Crippen LogP contribution is 2.35. The first-order valence-electron chi connectivity index (χ1n) is 8.21. The predicted octanol–water partition coefficient (Wildman–Crippen LogP) is 2.60. The number of hydrogen-bond donors (Lipinski definition) is 1. The molecule has 1 unspecified atom stereocenters. The van der Waals surface area contributed by atoms with Crippen LogP contribution in [0.5, 0.6) is 0 Å². The molecule has 1 N–H and O–H groups in total. The van der Waals surface area contributed by atoms with Gasteiger partial charge in [0.15, 0.2) is 6.29 Å². The Morgan fingerprint density at radius 2 is 2.05 bits per heavy atom. The molecule has 0 aromatic heterocycles. The summed E-state index contributed by atoms with van der Waals surface area (Å²) < 4.78 is 22.0. The molecule has 1 atom stereocenters. The zero-order chi connectivity index (χ0) is 16.1. The summed E-state index contributed by atoms with van der Waals surface area (Å²) in [6.07, 6.45) is 4.65. The predicted molar refractivity (Wildman–Crippen MR) is 81.7 cm³/mol. The van der Waals surface area contributed by atoms with Gasteiger partial charge in [-0.1, -0.05) is 0 Å². The maximum atomic E-state index is 11.8. The summed E-state index contributed by atoms with van der Waals surface area (Å²) in [6, 6.07) is 0. The van der Waals surface area contributed by atoms with Crippen LogP contribution in [0.3, 0.4) is 0 Å². The zero-order valence-corrected chi connectivity index (χ0v) is 14.0. The average molecular weight is 315 g/mol. The van der Waals surface area contributed by atoms with Crippen LogP contribution in [0, 0.1) is 0 Å². The minimum Gasteiger partial charge on any atom is -0.444 e. The third-order valence-electron chi connectivity index (χ3n) is 3.67. The van der Waals surface area contributed by atoms with Gasteiger partial charge >= 0.3 is 6.09 Å². The SMILES string of the molecule is CC(C)(C)OC(=O)NC1(COCCOC2CCCCO2)CC1. The van der Waals surface area contributed by atoms with Crippen LogP contribution in [0.25, 0.3) is 0 Å². The van der Waals surface area contributed by atoms with Crippen LogP contribution in [0.1, 0.15) is 52.9 Å². The van der Waals surface area contributed by atoms with Crippen molar-refractivity contribution in [2.75, 3.05) is 26.4 Å². The summed E-state index contributed by atoms with van der Waals surface area (Å²) in [6.45, 7) is 7.88. The molecule has 128 valence electrons. The van der Waals surface area contributed by atoms with Crippen LogP contribution in [-0.2, 0) is 18.9 Å². The highest BCUT2D eigenvalue weighted by atomic mass is 16.7. The highest BCUT2D eigenvalue weighted by molar-refractivity contribution is 5.69. The number of amides is 1. The van der Waals surface area contributed by atoms with Gasteiger partial charge in [0.2, 0.25) is 0 Å². The molecule has 2 aliphatic rings. The van der Waals surface area contributed by atoms with Crippen LogP contribution in [0.15, 0.2) is 0 Å². The van der Waals surface area contributed by atoms with Crippen molar-refractivity contribution in [1.82, 2.24) is 5.32 Å². The van der Waals surface area contributed by atoms with Crippen molar-refractivity contribution in [2.45, 2.75) is 70.3 Å². The third kappa shape index (κ3) is 6.50. The lowest BCUT2D eigenvalue weighted by molar-refractivity contribution is -0.169. The number of nitrogens with one attached hydrogen (secondary N) is 1. The second-order valence-electron chi connectivity index (χ2n) is 7.13. The van der Waals surface area contributed by atoms with Gasteiger partial charge < -0.3 is 24.3 Å². The summed E-state index contributed by atoms with van der Waals surface area (Å²) in [5, 5.41) is 2.91. The van der Waals surface area contributed by atoms with Gasteiger partial charge in [-0.05, 0) is 52.9 Å². The zero-order valence-electron chi connectivity index (χ0n) is 14.0. The summed E-state index contributed by atoms with van der Waals surface area (Å²) >= 11 is 0. The van der Waals surface area contributed by atoms with Gasteiger partial charge in [0.1, 0.15) is 5.60 Å². The van der Waals surface area contributed by atoms with E-state index in [4.69, 9.17) is 18.9 Å². The van der Waals surface area contributed by atoms with E-state index >= 15 is 0 Å². The first-order chi connectivity index (χ1) is 10.4. The van der Waals surface area contributed by atoms with Crippen LogP contribution >= 0.6 is 0 Å². The Bertz CT molecular complexity index is 356. The van der Waals surface area contributed by atoms with Crippen LogP contribution < -0.4 is 5.32 Å². The lowest BCUT2D eigenvalue weighted by Crippen LogP contribution is -2.43. The average Bonchev–Trinajstić information content (AvgIpc) is 3.17. The van der Waals surface area contributed by atoms with E-state index in [1.54, 1.807) is 0 Å². The smallest absolute Gasteiger partial charge is 0.408 e. The first-order valence-corrected chi connectivity index (χ1v) is 8.21. The topological polar surface area (TPSA) is 66.0 Å². The summed E-state index contributed by atoms with van der Waals surface area (Å²) in [5.74, 6) is 0. The van der Waals surface area contributed by atoms with Gasteiger partial charge in [-0.15, -0.1) is 0 Å².